The molecule has 1 aliphatic heterocycles. The van der Waals surface area contributed by atoms with Crippen molar-refractivity contribution >= 4 is 17.3 Å². The molecule has 0 spiro atoms. The molecule has 7 heteroatoms. The Morgan fingerprint density at radius 2 is 2.16 bits per heavy atom. The second-order valence-electron chi connectivity index (χ2n) is 4.29. The molecule has 1 saturated heterocycles. The number of non-ortho nitro benzene ring substituents is 1. The van der Waals surface area contributed by atoms with E-state index in [0.29, 0.717) is 26.3 Å². The molecule has 1 amide bonds. The molecule has 0 radical (unpaired) electrons. The van der Waals surface area contributed by atoms with E-state index in [-0.39, 0.29) is 22.8 Å². The van der Waals surface area contributed by atoms with Gasteiger partial charge in [0, 0.05) is 37.5 Å². The van der Waals surface area contributed by atoms with Crippen LogP contribution in [0.2, 0.25) is 0 Å². The molecule has 7 nitrogen and oxygen atoms in total. The van der Waals surface area contributed by atoms with E-state index >= 15 is 0 Å². The zero-order valence-electron chi connectivity index (χ0n) is 10.4. The van der Waals surface area contributed by atoms with Crippen molar-refractivity contribution in [2.75, 3.05) is 32.0 Å². The van der Waals surface area contributed by atoms with E-state index in [1.54, 1.807) is 4.90 Å². The molecule has 1 heterocycles. The van der Waals surface area contributed by atoms with Gasteiger partial charge in [-0.2, -0.15) is 0 Å². The maximum Gasteiger partial charge on any atom is 0.270 e. The smallest absolute Gasteiger partial charge is 0.270 e. The fourth-order valence-corrected chi connectivity index (χ4v) is 1.96. The number of nitro benzene ring substituents is 1. The van der Waals surface area contributed by atoms with Gasteiger partial charge in [-0.05, 0) is 12.5 Å². The van der Waals surface area contributed by atoms with Gasteiger partial charge < -0.3 is 15.4 Å². The molecule has 2 rings (SSSR count). The van der Waals surface area contributed by atoms with Gasteiger partial charge in [0.25, 0.3) is 11.6 Å². The zero-order chi connectivity index (χ0) is 13.8. The molecule has 0 bridgehead atoms. The number of hydrogen-bond donors (Lipinski definition) is 1. The van der Waals surface area contributed by atoms with Crippen LogP contribution in [0.3, 0.4) is 0 Å². The highest BCUT2D eigenvalue weighted by Gasteiger charge is 2.21. The van der Waals surface area contributed by atoms with Crippen molar-refractivity contribution < 1.29 is 14.5 Å². The molecule has 1 aliphatic rings. The van der Waals surface area contributed by atoms with Crippen LogP contribution in [0, 0.1) is 10.1 Å². The Kier molecular flexibility index (Phi) is 3.96. The van der Waals surface area contributed by atoms with Crippen LogP contribution in [0.1, 0.15) is 16.8 Å². The maximum atomic E-state index is 12.3. The molecule has 102 valence electrons. The second kappa shape index (κ2) is 5.66. The summed E-state index contributed by atoms with van der Waals surface area (Å²) in [4.78, 5) is 24.1. The van der Waals surface area contributed by atoms with Crippen molar-refractivity contribution in [3.05, 3.63) is 33.9 Å². The lowest BCUT2D eigenvalue weighted by molar-refractivity contribution is -0.384. The second-order valence-corrected chi connectivity index (χ2v) is 4.29. The summed E-state index contributed by atoms with van der Waals surface area (Å²) in [5.41, 5.74) is 6.03. The summed E-state index contributed by atoms with van der Waals surface area (Å²) in [5.74, 6) is -0.285. The van der Waals surface area contributed by atoms with Crippen LogP contribution in [-0.4, -0.2) is 42.0 Å². The van der Waals surface area contributed by atoms with Gasteiger partial charge in [-0.3, -0.25) is 14.9 Å². The van der Waals surface area contributed by atoms with Gasteiger partial charge >= 0.3 is 0 Å². The summed E-state index contributed by atoms with van der Waals surface area (Å²) >= 11 is 0. The molecule has 0 atom stereocenters. The van der Waals surface area contributed by atoms with Crippen LogP contribution >= 0.6 is 0 Å². The lowest BCUT2D eigenvalue weighted by Gasteiger charge is -2.20. The number of nitrogens with two attached hydrogens (primary N) is 1. The standard InChI is InChI=1S/C12H15N3O4/c13-11-3-2-9(15(17)18)8-10(11)12(16)14-4-1-6-19-7-5-14/h2-3,8H,1,4-7,13H2. The minimum Gasteiger partial charge on any atom is -0.398 e. The number of carbonyl (C=O) groups is 1. The van der Waals surface area contributed by atoms with E-state index in [9.17, 15) is 14.9 Å². The van der Waals surface area contributed by atoms with Gasteiger partial charge in [0.05, 0.1) is 17.1 Å². The third-order valence-corrected chi connectivity index (χ3v) is 2.99. The Morgan fingerprint density at radius 1 is 1.37 bits per heavy atom. The van der Waals surface area contributed by atoms with E-state index in [0.717, 1.165) is 6.42 Å². The highest BCUT2D eigenvalue weighted by atomic mass is 16.6. The molecule has 1 aromatic rings. The van der Waals surface area contributed by atoms with E-state index in [2.05, 4.69) is 0 Å². The fraction of sp³-hybridized carbons (Fsp3) is 0.417. The molecule has 2 N–H and O–H groups in total. The first kappa shape index (κ1) is 13.3. The van der Waals surface area contributed by atoms with Crippen molar-refractivity contribution in [3.8, 4) is 0 Å². The van der Waals surface area contributed by atoms with Crippen LogP contribution < -0.4 is 5.73 Å². The molecule has 0 aliphatic carbocycles. The van der Waals surface area contributed by atoms with Gasteiger partial charge in [-0.25, -0.2) is 0 Å². The number of hydrogen-bond acceptors (Lipinski definition) is 5. The highest BCUT2D eigenvalue weighted by molar-refractivity contribution is 5.99. The third kappa shape index (κ3) is 3.00. The van der Waals surface area contributed by atoms with Crippen molar-refractivity contribution in [3.63, 3.8) is 0 Å². The number of amides is 1. The summed E-state index contributed by atoms with van der Waals surface area (Å²) in [6.45, 7) is 2.14. The SMILES string of the molecule is Nc1ccc([N+](=O)[O-])cc1C(=O)N1CCCOCC1. The summed E-state index contributed by atoms with van der Waals surface area (Å²) in [5, 5.41) is 10.7. The largest absolute Gasteiger partial charge is 0.398 e. The van der Waals surface area contributed by atoms with Crippen molar-refractivity contribution in [1.29, 1.82) is 0 Å². The normalized spacial score (nSPS) is 15.9. The van der Waals surface area contributed by atoms with Crippen LogP contribution in [0.5, 0.6) is 0 Å². The van der Waals surface area contributed by atoms with Crippen molar-refractivity contribution in [2.45, 2.75) is 6.42 Å². The van der Waals surface area contributed by atoms with Gasteiger partial charge in [0.2, 0.25) is 0 Å². The molecule has 0 saturated carbocycles. The van der Waals surface area contributed by atoms with Crippen LogP contribution in [-0.2, 0) is 4.74 Å². The molecule has 0 unspecified atom stereocenters. The minimum atomic E-state index is -0.540. The number of nitro groups is 1. The Balaban J connectivity index is 2.26. The van der Waals surface area contributed by atoms with Crippen LogP contribution in [0.4, 0.5) is 11.4 Å². The monoisotopic (exact) mass is 265 g/mol. The van der Waals surface area contributed by atoms with Gasteiger partial charge in [-0.1, -0.05) is 0 Å². The Hall–Kier alpha value is -2.15. The summed E-state index contributed by atoms with van der Waals surface area (Å²) in [6, 6.07) is 3.90. The topological polar surface area (TPSA) is 98.7 Å². The van der Waals surface area contributed by atoms with E-state index in [1.165, 1.54) is 18.2 Å². The maximum absolute atomic E-state index is 12.3. The lowest BCUT2D eigenvalue weighted by Crippen LogP contribution is -2.33. The highest BCUT2D eigenvalue weighted by Crippen LogP contribution is 2.21. The number of nitrogen functional groups attached to an aromatic ring is 1. The zero-order valence-corrected chi connectivity index (χ0v) is 10.4. The predicted molar refractivity (Wildman–Crippen MR) is 68.8 cm³/mol. The first-order chi connectivity index (χ1) is 9.09. The molecular formula is C12H15N3O4. The lowest BCUT2D eigenvalue weighted by atomic mass is 10.1. The van der Waals surface area contributed by atoms with Crippen molar-refractivity contribution in [1.82, 2.24) is 4.90 Å². The third-order valence-electron chi connectivity index (χ3n) is 2.99. The number of rotatable bonds is 2. The first-order valence-electron chi connectivity index (χ1n) is 6.00. The summed E-state index contributed by atoms with van der Waals surface area (Å²) in [7, 11) is 0. The average molecular weight is 265 g/mol. The first-order valence-corrected chi connectivity index (χ1v) is 6.00. The van der Waals surface area contributed by atoms with Gasteiger partial charge in [0.1, 0.15) is 0 Å². The molecule has 1 fully saturated rings. The molecule has 1 aromatic carbocycles. The number of ether oxygens (including phenoxy) is 1. The van der Waals surface area contributed by atoms with E-state index in [1.807, 2.05) is 0 Å². The Labute approximate surface area is 110 Å². The fourth-order valence-electron chi connectivity index (χ4n) is 1.96. The minimum absolute atomic E-state index is 0.136. The van der Waals surface area contributed by atoms with Crippen molar-refractivity contribution in [2.24, 2.45) is 0 Å². The number of anilines is 1. The van der Waals surface area contributed by atoms with E-state index < -0.39 is 4.92 Å². The van der Waals surface area contributed by atoms with E-state index in [4.69, 9.17) is 10.5 Å². The predicted octanol–water partition coefficient (Wildman–Crippen LogP) is 1.04. The number of nitrogens with zero attached hydrogens (tertiary/aromatic N) is 2. The quantitative estimate of drug-likeness (QED) is 0.489. The number of carbonyl (C=O) groups excluding carboxylic acids is 1. The summed E-state index contributed by atoms with van der Waals surface area (Å²) in [6.07, 6.45) is 0.751. The average Bonchev–Trinajstić information content (AvgIpc) is 2.67. The Bertz CT molecular complexity index is 496. The summed E-state index contributed by atoms with van der Waals surface area (Å²) < 4.78 is 5.27. The molecule has 0 aromatic heterocycles. The van der Waals surface area contributed by atoms with Crippen LogP contribution in [0.15, 0.2) is 18.2 Å². The molecular weight excluding hydrogens is 250 g/mol. The van der Waals surface area contributed by atoms with Gasteiger partial charge in [-0.15, -0.1) is 0 Å². The molecule has 19 heavy (non-hydrogen) atoms. The van der Waals surface area contributed by atoms with Crippen LogP contribution in [0.25, 0.3) is 0 Å². The number of benzene rings is 1. The van der Waals surface area contributed by atoms with Gasteiger partial charge in [0.15, 0.2) is 0 Å². The Morgan fingerprint density at radius 3 is 2.89 bits per heavy atom.